The maximum Gasteiger partial charge on any atom is 0.226 e. The standard InChI is InChI=1S/C15H17N3OS/c1-3-14(19)18-9(2)6-11-7-10(4-5-13(11)18)12-8-20-15(16)17-12/h4-5,7-9H,3,6H2,1-2H3,(H2,16,17). The number of carbonyl (C=O) groups excluding carboxylic acids is 1. The number of benzene rings is 1. The van der Waals surface area contributed by atoms with E-state index in [0.29, 0.717) is 11.6 Å². The summed E-state index contributed by atoms with van der Waals surface area (Å²) in [5.41, 5.74) is 9.91. The molecule has 20 heavy (non-hydrogen) atoms. The first-order valence-corrected chi connectivity index (χ1v) is 7.64. The molecule has 2 heterocycles. The molecule has 2 aromatic rings. The number of anilines is 2. The highest BCUT2D eigenvalue weighted by Crippen LogP contribution is 2.36. The minimum Gasteiger partial charge on any atom is -0.375 e. The second-order valence-electron chi connectivity index (χ2n) is 5.08. The first-order valence-electron chi connectivity index (χ1n) is 6.76. The molecule has 0 saturated heterocycles. The zero-order chi connectivity index (χ0) is 14.3. The van der Waals surface area contributed by atoms with Gasteiger partial charge in [0.15, 0.2) is 5.13 Å². The predicted molar refractivity (Wildman–Crippen MR) is 82.9 cm³/mol. The van der Waals surface area contributed by atoms with Gasteiger partial charge in [0.25, 0.3) is 0 Å². The number of nitrogen functional groups attached to an aromatic ring is 1. The minimum absolute atomic E-state index is 0.182. The van der Waals surface area contributed by atoms with Crippen molar-refractivity contribution < 1.29 is 4.79 Å². The van der Waals surface area contributed by atoms with Crippen LogP contribution in [0.4, 0.5) is 10.8 Å². The molecule has 0 aliphatic carbocycles. The summed E-state index contributed by atoms with van der Waals surface area (Å²) < 4.78 is 0. The molecular formula is C15H17N3OS. The maximum atomic E-state index is 12.0. The first kappa shape index (κ1) is 13.1. The Morgan fingerprint density at radius 1 is 1.55 bits per heavy atom. The normalized spacial score (nSPS) is 17.3. The number of nitrogens with zero attached hydrogens (tertiary/aromatic N) is 2. The Hall–Kier alpha value is -1.88. The van der Waals surface area contributed by atoms with E-state index in [1.54, 1.807) is 0 Å². The van der Waals surface area contributed by atoms with Crippen molar-refractivity contribution in [2.75, 3.05) is 10.6 Å². The van der Waals surface area contributed by atoms with Gasteiger partial charge in [0, 0.05) is 29.1 Å². The van der Waals surface area contributed by atoms with Crippen molar-refractivity contribution in [2.45, 2.75) is 32.7 Å². The molecule has 0 saturated carbocycles. The number of rotatable bonds is 2. The predicted octanol–water partition coefficient (Wildman–Crippen LogP) is 3.08. The number of amides is 1. The van der Waals surface area contributed by atoms with Crippen molar-refractivity contribution in [1.82, 2.24) is 4.98 Å². The molecule has 1 aliphatic heterocycles. The van der Waals surface area contributed by atoms with Gasteiger partial charge >= 0.3 is 0 Å². The Bertz CT molecular complexity index is 665. The van der Waals surface area contributed by atoms with Gasteiger partial charge in [-0.15, -0.1) is 11.3 Å². The van der Waals surface area contributed by atoms with E-state index in [4.69, 9.17) is 5.73 Å². The number of thiazole rings is 1. The summed E-state index contributed by atoms with van der Waals surface area (Å²) in [7, 11) is 0. The number of nitrogens with two attached hydrogens (primary N) is 1. The third kappa shape index (κ3) is 2.08. The summed E-state index contributed by atoms with van der Waals surface area (Å²) in [4.78, 5) is 18.3. The zero-order valence-corrected chi connectivity index (χ0v) is 12.4. The van der Waals surface area contributed by atoms with Crippen molar-refractivity contribution >= 4 is 28.1 Å². The van der Waals surface area contributed by atoms with Crippen LogP contribution in [0.3, 0.4) is 0 Å². The molecule has 1 amide bonds. The fraction of sp³-hybridized carbons (Fsp3) is 0.333. The summed E-state index contributed by atoms with van der Waals surface area (Å²) in [6, 6.07) is 6.40. The molecule has 1 aromatic carbocycles. The molecule has 1 aliphatic rings. The van der Waals surface area contributed by atoms with Crippen LogP contribution in [-0.2, 0) is 11.2 Å². The van der Waals surface area contributed by atoms with Crippen molar-refractivity contribution in [3.63, 3.8) is 0 Å². The topological polar surface area (TPSA) is 59.2 Å². The molecule has 1 unspecified atom stereocenters. The smallest absolute Gasteiger partial charge is 0.226 e. The largest absolute Gasteiger partial charge is 0.375 e. The number of fused-ring (bicyclic) bond motifs is 1. The Morgan fingerprint density at radius 2 is 2.35 bits per heavy atom. The lowest BCUT2D eigenvalue weighted by Crippen LogP contribution is -2.35. The van der Waals surface area contributed by atoms with Gasteiger partial charge in [0.2, 0.25) is 5.91 Å². The van der Waals surface area contributed by atoms with Crippen LogP contribution < -0.4 is 10.6 Å². The molecule has 0 radical (unpaired) electrons. The second-order valence-corrected chi connectivity index (χ2v) is 5.97. The van der Waals surface area contributed by atoms with Crippen LogP contribution in [0.1, 0.15) is 25.8 Å². The lowest BCUT2D eigenvalue weighted by Gasteiger charge is -2.22. The Morgan fingerprint density at radius 3 is 3.00 bits per heavy atom. The van der Waals surface area contributed by atoms with Crippen LogP contribution in [0.2, 0.25) is 0 Å². The third-order valence-electron chi connectivity index (χ3n) is 3.68. The van der Waals surface area contributed by atoms with E-state index >= 15 is 0 Å². The fourth-order valence-electron chi connectivity index (χ4n) is 2.76. The Kier molecular flexibility index (Phi) is 3.22. The van der Waals surface area contributed by atoms with Gasteiger partial charge in [-0.2, -0.15) is 0 Å². The monoisotopic (exact) mass is 287 g/mol. The fourth-order valence-corrected chi connectivity index (χ4v) is 3.33. The number of aromatic nitrogens is 1. The number of hydrogen-bond acceptors (Lipinski definition) is 4. The van der Waals surface area contributed by atoms with Crippen LogP contribution in [0, 0.1) is 0 Å². The summed E-state index contributed by atoms with van der Waals surface area (Å²) in [6.07, 6.45) is 1.43. The van der Waals surface area contributed by atoms with Gasteiger partial charge in [-0.05, 0) is 31.0 Å². The minimum atomic E-state index is 0.182. The van der Waals surface area contributed by atoms with E-state index in [2.05, 4.69) is 18.0 Å². The van der Waals surface area contributed by atoms with Gasteiger partial charge in [0.1, 0.15) is 0 Å². The van der Waals surface area contributed by atoms with Crippen LogP contribution >= 0.6 is 11.3 Å². The molecule has 0 bridgehead atoms. The third-order valence-corrected chi connectivity index (χ3v) is 4.36. The molecule has 5 heteroatoms. The van der Waals surface area contributed by atoms with Gasteiger partial charge in [-0.3, -0.25) is 4.79 Å². The first-order chi connectivity index (χ1) is 9.60. The molecule has 1 aromatic heterocycles. The van der Waals surface area contributed by atoms with Crippen molar-refractivity contribution in [1.29, 1.82) is 0 Å². The van der Waals surface area contributed by atoms with E-state index < -0.39 is 0 Å². The Balaban J connectivity index is 1.99. The average Bonchev–Trinajstić information content (AvgIpc) is 2.99. The second kappa shape index (κ2) is 4.90. The SMILES string of the molecule is CCC(=O)N1c2ccc(-c3csc(N)n3)cc2CC1C. The quantitative estimate of drug-likeness (QED) is 0.923. The molecule has 0 spiro atoms. The molecule has 2 N–H and O–H groups in total. The Labute approximate surface area is 122 Å². The molecule has 3 rings (SSSR count). The van der Waals surface area contributed by atoms with Crippen molar-refractivity contribution in [3.8, 4) is 11.3 Å². The van der Waals surface area contributed by atoms with E-state index in [0.717, 1.165) is 23.4 Å². The van der Waals surface area contributed by atoms with Crippen LogP contribution in [-0.4, -0.2) is 16.9 Å². The molecular weight excluding hydrogens is 270 g/mol. The van der Waals surface area contributed by atoms with E-state index in [9.17, 15) is 4.79 Å². The highest BCUT2D eigenvalue weighted by Gasteiger charge is 2.30. The van der Waals surface area contributed by atoms with E-state index in [-0.39, 0.29) is 11.9 Å². The van der Waals surface area contributed by atoms with Crippen LogP contribution in [0.5, 0.6) is 0 Å². The number of hydrogen-bond donors (Lipinski definition) is 1. The molecule has 0 fully saturated rings. The summed E-state index contributed by atoms with van der Waals surface area (Å²) in [5, 5.41) is 2.54. The lowest BCUT2D eigenvalue weighted by molar-refractivity contribution is -0.118. The summed E-state index contributed by atoms with van der Waals surface area (Å²) in [6.45, 7) is 3.99. The van der Waals surface area contributed by atoms with E-state index in [1.807, 2.05) is 29.3 Å². The van der Waals surface area contributed by atoms with Gasteiger partial charge < -0.3 is 10.6 Å². The molecule has 4 nitrogen and oxygen atoms in total. The van der Waals surface area contributed by atoms with Gasteiger partial charge in [0.05, 0.1) is 5.69 Å². The van der Waals surface area contributed by atoms with E-state index in [1.165, 1.54) is 16.9 Å². The van der Waals surface area contributed by atoms with Gasteiger partial charge in [-0.1, -0.05) is 13.0 Å². The van der Waals surface area contributed by atoms with Crippen LogP contribution in [0.25, 0.3) is 11.3 Å². The van der Waals surface area contributed by atoms with Gasteiger partial charge in [-0.25, -0.2) is 4.98 Å². The highest BCUT2D eigenvalue weighted by atomic mass is 32.1. The number of carbonyl (C=O) groups is 1. The molecule has 1 atom stereocenters. The van der Waals surface area contributed by atoms with Crippen molar-refractivity contribution in [3.05, 3.63) is 29.1 Å². The highest BCUT2D eigenvalue weighted by molar-refractivity contribution is 7.13. The average molecular weight is 287 g/mol. The van der Waals surface area contributed by atoms with Crippen molar-refractivity contribution in [2.24, 2.45) is 0 Å². The lowest BCUT2D eigenvalue weighted by atomic mass is 10.1. The summed E-state index contributed by atoms with van der Waals surface area (Å²) in [5.74, 6) is 0.182. The molecule has 104 valence electrons. The zero-order valence-electron chi connectivity index (χ0n) is 11.6. The maximum absolute atomic E-state index is 12.0. The van der Waals surface area contributed by atoms with Crippen LogP contribution in [0.15, 0.2) is 23.6 Å². The summed E-state index contributed by atoms with van der Waals surface area (Å²) >= 11 is 1.44.